The highest BCUT2D eigenvalue weighted by molar-refractivity contribution is 5.84. The maximum absolute atomic E-state index is 5.97. The second kappa shape index (κ2) is 4.62. The Bertz CT molecular complexity index is 501. The van der Waals surface area contributed by atoms with Gasteiger partial charge in [0.25, 0.3) is 0 Å². The van der Waals surface area contributed by atoms with Gasteiger partial charge < -0.3 is 5.73 Å². The standard InChI is InChI=1S/C14H14N2/c1-2-12(11-6-5-9-16-10-11)13-7-3-4-8-14(13)15/h2-10H,15H2,1H3/b12-2+. The number of rotatable bonds is 2. The normalized spacial score (nSPS) is 11.4. The van der Waals surface area contributed by atoms with Crippen molar-refractivity contribution >= 4 is 11.3 Å². The molecule has 0 bridgehead atoms. The van der Waals surface area contributed by atoms with E-state index in [0.717, 1.165) is 22.4 Å². The molecule has 16 heavy (non-hydrogen) atoms. The van der Waals surface area contributed by atoms with Crippen molar-refractivity contribution in [3.63, 3.8) is 0 Å². The number of para-hydroxylation sites is 1. The molecule has 1 heterocycles. The van der Waals surface area contributed by atoms with E-state index in [1.54, 1.807) is 6.20 Å². The molecule has 80 valence electrons. The van der Waals surface area contributed by atoms with Crippen molar-refractivity contribution in [3.8, 4) is 0 Å². The monoisotopic (exact) mass is 210 g/mol. The van der Waals surface area contributed by atoms with Crippen LogP contribution in [-0.4, -0.2) is 4.98 Å². The van der Waals surface area contributed by atoms with Gasteiger partial charge in [0.2, 0.25) is 0 Å². The van der Waals surface area contributed by atoms with Gasteiger partial charge in [-0.2, -0.15) is 0 Å². The third-order valence-electron chi connectivity index (χ3n) is 2.51. The van der Waals surface area contributed by atoms with Gasteiger partial charge >= 0.3 is 0 Å². The summed E-state index contributed by atoms with van der Waals surface area (Å²) in [5.41, 5.74) is 10.0. The number of benzene rings is 1. The average Bonchev–Trinajstić information content (AvgIpc) is 2.34. The highest BCUT2D eigenvalue weighted by Crippen LogP contribution is 2.26. The zero-order valence-electron chi connectivity index (χ0n) is 9.22. The lowest BCUT2D eigenvalue weighted by Gasteiger charge is -2.09. The summed E-state index contributed by atoms with van der Waals surface area (Å²) in [4.78, 5) is 4.13. The largest absolute Gasteiger partial charge is 0.398 e. The van der Waals surface area contributed by atoms with Gasteiger partial charge in [0.1, 0.15) is 0 Å². The van der Waals surface area contributed by atoms with Gasteiger partial charge in [-0.15, -0.1) is 0 Å². The van der Waals surface area contributed by atoms with Crippen molar-refractivity contribution in [2.45, 2.75) is 6.92 Å². The molecule has 2 rings (SSSR count). The summed E-state index contributed by atoms with van der Waals surface area (Å²) in [6, 6.07) is 11.8. The van der Waals surface area contributed by atoms with E-state index < -0.39 is 0 Å². The van der Waals surface area contributed by atoms with Crippen LogP contribution in [0.15, 0.2) is 54.9 Å². The van der Waals surface area contributed by atoms with Gasteiger partial charge in [-0.3, -0.25) is 4.98 Å². The second-order valence-electron chi connectivity index (χ2n) is 3.53. The van der Waals surface area contributed by atoms with Crippen molar-refractivity contribution in [3.05, 3.63) is 66.0 Å². The second-order valence-corrected chi connectivity index (χ2v) is 3.53. The Labute approximate surface area is 95.5 Å². The number of nitrogens with zero attached hydrogens (tertiary/aromatic N) is 1. The maximum Gasteiger partial charge on any atom is 0.0393 e. The smallest absolute Gasteiger partial charge is 0.0393 e. The van der Waals surface area contributed by atoms with Crippen molar-refractivity contribution in [2.75, 3.05) is 5.73 Å². The Morgan fingerprint density at radius 2 is 2.00 bits per heavy atom. The van der Waals surface area contributed by atoms with Crippen LogP contribution in [0.3, 0.4) is 0 Å². The first kappa shape index (κ1) is 10.4. The molecule has 0 fully saturated rings. The van der Waals surface area contributed by atoms with E-state index in [2.05, 4.69) is 11.1 Å². The van der Waals surface area contributed by atoms with Crippen LogP contribution in [0.2, 0.25) is 0 Å². The lowest BCUT2D eigenvalue weighted by molar-refractivity contribution is 1.31. The summed E-state index contributed by atoms with van der Waals surface area (Å²) >= 11 is 0. The number of anilines is 1. The molecule has 0 atom stereocenters. The number of pyridine rings is 1. The van der Waals surface area contributed by atoms with Gasteiger partial charge in [-0.25, -0.2) is 0 Å². The van der Waals surface area contributed by atoms with E-state index in [4.69, 9.17) is 5.73 Å². The molecule has 0 aliphatic rings. The average molecular weight is 210 g/mol. The fourth-order valence-corrected chi connectivity index (χ4v) is 1.74. The first-order valence-corrected chi connectivity index (χ1v) is 5.24. The molecule has 2 N–H and O–H groups in total. The van der Waals surface area contributed by atoms with Gasteiger partial charge in [0.15, 0.2) is 0 Å². The Morgan fingerprint density at radius 1 is 1.19 bits per heavy atom. The first-order chi connectivity index (χ1) is 7.83. The topological polar surface area (TPSA) is 38.9 Å². The van der Waals surface area contributed by atoms with Crippen LogP contribution in [-0.2, 0) is 0 Å². The number of allylic oxidation sites excluding steroid dienone is 1. The number of hydrogen-bond donors (Lipinski definition) is 1. The van der Waals surface area contributed by atoms with Crippen LogP contribution >= 0.6 is 0 Å². The van der Waals surface area contributed by atoms with E-state index in [-0.39, 0.29) is 0 Å². The van der Waals surface area contributed by atoms with Gasteiger partial charge in [0.05, 0.1) is 0 Å². The molecule has 0 saturated carbocycles. The van der Waals surface area contributed by atoms with E-state index in [1.807, 2.05) is 49.5 Å². The summed E-state index contributed by atoms with van der Waals surface area (Å²) in [6.45, 7) is 2.01. The van der Waals surface area contributed by atoms with Crippen LogP contribution in [0.1, 0.15) is 18.1 Å². The Morgan fingerprint density at radius 3 is 2.62 bits per heavy atom. The summed E-state index contributed by atoms with van der Waals surface area (Å²) in [6.07, 6.45) is 5.68. The molecular formula is C14H14N2. The molecule has 2 heteroatoms. The molecule has 0 radical (unpaired) electrons. The minimum Gasteiger partial charge on any atom is -0.398 e. The Kier molecular flexibility index (Phi) is 3.01. The maximum atomic E-state index is 5.97. The Balaban J connectivity index is 2.51. The van der Waals surface area contributed by atoms with Gasteiger partial charge in [0, 0.05) is 29.2 Å². The zero-order chi connectivity index (χ0) is 11.4. The third kappa shape index (κ3) is 1.96. The molecule has 0 amide bonds. The van der Waals surface area contributed by atoms with Crippen LogP contribution in [0, 0.1) is 0 Å². The summed E-state index contributed by atoms with van der Waals surface area (Å²) in [5.74, 6) is 0. The fraction of sp³-hybridized carbons (Fsp3) is 0.0714. The number of hydrogen-bond acceptors (Lipinski definition) is 2. The van der Waals surface area contributed by atoms with Crippen molar-refractivity contribution in [1.82, 2.24) is 4.98 Å². The van der Waals surface area contributed by atoms with Crippen molar-refractivity contribution in [1.29, 1.82) is 0 Å². The quantitative estimate of drug-likeness (QED) is 0.773. The first-order valence-electron chi connectivity index (χ1n) is 5.24. The molecule has 0 aliphatic carbocycles. The van der Waals surface area contributed by atoms with E-state index in [1.165, 1.54) is 0 Å². The number of nitrogens with two attached hydrogens (primary N) is 1. The molecule has 0 unspecified atom stereocenters. The molecule has 0 aliphatic heterocycles. The summed E-state index contributed by atoms with van der Waals surface area (Å²) < 4.78 is 0. The van der Waals surface area contributed by atoms with Gasteiger partial charge in [-0.1, -0.05) is 30.3 Å². The predicted octanol–water partition coefficient (Wildman–Crippen LogP) is 3.12. The van der Waals surface area contributed by atoms with E-state index in [0.29, 0.717) is 0 Å². The lowest BCUT2D eigenvalue weighted by Crippen LogP contribution is -1.95. The lowest BCUT2D eigenvalue weighted by atomic mass is 9.98. The van der Waals surface area contributed by atoms with Crippen molar-refractivity contribution < 1.29 is 0 Å². The Hall–Kier alpha value is -2.09. The summed E-state index contributed by atoms with van der Waals surface area (Å²) in [5, 5.41) is 0. The molecule has 2 nitrogen and oxygen atoms in total. The molecule has 0 saturated heterocycles. The summed E-state index contributed by atoms with van der Waals surface area (Å²) in [7, 11) is 0. The predicted molar refractivity (Wildman–Crippen MR) is 67.8 cm³/mol. The van der Waals surface area contributed by atoms with E-state index in [9.17, 15) is 0 Å². The molecule has 1 aromatic carbocycles. The zero-order valence-corrected chi connectivity index (χ0v) is 9.22. The van der Waals surface area contributed by atoms with Gasteiger partial charge in [-0.05, 0) is 24.6 Å². The van der Waals surface area contributed by atoms with Crippen molar-refractivity contribution in [2.24, 2.45) is 0 Å². The fourth-order valence-electron chi connectivity index (χ4n) is 1.74. The van der Waals surface area contributed by atoms with Crippen LogP contribution in [0.5, 0.6) is 0 Å². The molecular weight excluding hydrogens is 196 g/mol. The molecule has 0 spiro atoms. The highest BCUT2D eigenvalue weighted by atomic mass is 14.6. The highest BCUT2D eigenvalue weighted by Gasteiger charge is 2.06. The van der Waals surface area contributed by atoms with E-state index >= 15 is 0 Å². The number of aromatic nitrogens is 1. The minimum absolute atomic E-state index is 0.791. The molecule has 2 aromatic rings. The SMILES string of the molecule is C/C=C(\c1cccnc1)c1ccccc1N. The number of nitrogen functional groups attached to an aromatic ring is 1. The molecule has 1 aromatic heterocycles. The van der Waals surface area contributed by atoms with Crippen LogP contribution in [0.25, 0.3) is 5.57 Å². The van der Waals surface area contributed by atoms with Crippen LogP contribution in [0.4, 0.5) is 5.69 Å². The van der Waals surface area contributed by atoms with Crippen LogP contribution < -0.4 is 5.73 Å². The third-order valence-corrected chi connectivity index (χ3v) is 2.51. The minimum atomic E-state index is 0.791.